The Morgan fingerprint density at radius 1 is 1.16 bits per heavy atom. The summed E-state index contributed by atoms with van der Waals surface area (Å²) in [6, 6.07) is 3.76. The van der Waals surface area contributed by atoms with Crippen molar-refractivity contribution in [2.45, 2.75) is 18.9 Å². The molecule has 1 aromatic rings. The molecule has 1 saturated heterocycles. The Morgan fingerprint density at radius 3 is 2.79 bits per heavy atom. The summed E-state index contributed by atoms with van der Waals surface area (Å²) in [6.45, 7) is 0.528. The Hall–Kier alpha value is -1.75. The van der Waals surface area contributed by atoms with E-state index < -0.39 is 6.10 Å². The molecule has 1 fully saturated rings. The molecule has 0 saturated carbocycles. The van der Waals surface area contributed by atoms with Gasteiger partial charge < -0.3 is 19.3 Å². The molecule has 100 valence electrons. The summed E-state index contributed by atoms with van der Waals surface area (Å²) in [6.07, 6.45) is 0.787. The van der Waals surface area contributed by atoms with Gasteiger partial charge in [-0.1, -0.05) is 0 Å². The van der Waals surface area contributed by atoms with E-state index in [2.05, 4.69) is 0 Å². The van der Waals surface area contributed by atoms with E-state index in [1.165, 1.54) is 0 Å². The highest BCUT2D eigenvalue weighted by Crippen LogP contribution is 2.45. The molecule has 3 atom stereocenters. The van der Waals surface area contributed by atoms with Gasteiger partial charge in [0.1, 0.15) is 0 Å². The summed E-state index contributed by atoms with van der Waals surface area (Å²) in [5, 5.41) is 10.5. The summed E-state index contributed by atoms with van der Waals surface area (Å²) in [5.41, 5.74) is 1.88. The first-order valence-corrected chi connectivity index (χ1v) is 6.51. The molecular formula is C14H14O5. The third kappa shape index (κ3) is 1.54. The largest absolute Gasteiger partial charge is 0.465 e. The molecule has 2 aliphatic heterocycles. The van der Waals surface area contributed by atoms with E-state index in [0.717, 1.165) is 23.3 Å². The smallest absolute Gasteiger partial charge is 0.309 e. The Bertz CT molecular complexity index is 553. The highest BCUT2D eigenvalue weighted by atomic mass is 16.7. The maximum absolute atomic E-state index is 11.7. The van der Waals surface area contributed by atoms with Gasteiger partial charge in [-0.3, -0.25) is 4.79 Å². The molecule has 1 aromatic carbocycles. The number of ether oxygens (including phenoxy) is 3. The van der Waals surface area contributed by atoms with Crippen LogP contribution in [0.3, 0.4) is 0 Å². The van der Waals surface area contributed by atoms with Gasteiger partial charge in [0.25, 0.3) is 0 Å². The molecule has 1 aliphatic carbocycles. The zero-order chi connectivity index (χ0) is 13.0. The number of rotatable bonds is 0. The first-order chi connectivity index (χ1) is 9.24. The van der Waals surface area contributed by atoms with Crippen molar-refractivity contribution in [3.05, 3.63) is 23.3 Å². The van der Waals surface area contributed by atoms with Crippen molar-refractivity contribution in [1.82, 2.24) is 0 Å². The van der Waals surface area contributed by atoms with E-state index >= 15 is 0 Å². The summed E-state index contributed by atoms with van der Waals surface area (Å²) < 4.78 is 15.8. The van der Waals surface area contributed by atoms with Crippen LogP contribution >= 0.6 is 0 Å². The number of benzene rings is 1. The van der Waals surface area contributed by atoms with E-state index in [1.54, 1.807) is 0 Å². The third-order valence-electron chi connectivity index (χ3n) is 4.32. The van der Waals surface area contributed by atoms with Gasteiger partial charge in [-0.15, -0.1) is 0 Å². The zero-order valence-corrected chi connectivity index (χ0v) is 10.3. The summed E-state index contributed by atoms with van der Waals surface area (Å²) >= 11 is 0. The third-order valence-corrected chi connectivity index (χ3v) is 4.32. The highest BCUT2D eigenvalue weighted by molar-refractivity contribution is 5.75. The number of cyclic esters (lactones) is 1. The number of hydrogen-bond donors (Lipinski definition) is 1. The van der Waals surface area contributed by atoms with Gasteiger partial charge in [0.15, 0.2) is 11.5 Å². The normalized spacial score (nSPS) is 31.4. The van der Waals surface area contributed by atoms with Crippen LogP contribution in [0.5, 0.6) is 11.5 Å². The lowest BCUT2D eigenvalue weighted by Crippen LogP contribution is -2.20. The van der Waals surface area contributed by atoms with Crippen LogP contribution in [0.1, 0.15) is 23.7 Å². The Balaban J connectivity index is 1.79. The second kappa shape index (κ2) is 3.87. The first kappa shape index (κ1) is 11.1. The van der Waals surface area contributed by atoms with Crippen LogP contribution in [0.15, 0.2) is 12.1 Å². The summed E-state index contributed by atoms with van der Waals surface area (Å²) in [7, 11) is 0. The minimum atomic E-state index is -0.677. The van der Waals surface area contributed by atoms with E-state index in [1.807, 2.05) is 12.1 Å². The number of aliphatic hydroxyl groups is 1. The Labute approximate surface area is 110 Å². The fourth-order valence-electron chi connectivity index (χ4n) is 3.25. The molecule has 19 heavy (non-hydrogen) atoms. The quantitative estimate of drug-likeness (QED) is 0.711. The van der Waals surface area contributed by atoms with Gasteiger partial charge in [-0.05, 0) is 36.1 Å². The number of esters is 1. The highest BCUT2D eigenvalue weighted by Gasteiger charge is 2.44. The van der Waals surface area contributed by atoms with Crippen LogP contribution in [0, 0.1) is 11.8 Å². The van der Waals surface area contributed by atoms with Crippen LogP contribution < -0.4 is 9.47 Å². The number of aryl methyl sites for hydroxylation is 1. The molecule has 5 heteroatoms. The molecular weight excluding hydrogens is 248 g/mol. The van der Waals surface area contributed by atoms with Gasteiger partial charge in [0.05, 0.1) is 18.6 Å². The van der Waals surface area contributed by atoms with Gasteiger partial charge in [0, 0.05) is 5.92 Å². The molecule has 2 heterocycles. The van der Waals surface area contributed by atoms with Crippen molar-refractivity contribution in [3.63, 3.8) is 0 Å². The van der Waals surface area contributed by atoms with Crippen molar-refractivity contribution in [3.8, 4) is 11.5 Å². The fourth-order valence-corrected chi connectivity index (χ4v) is 3.25. The van der Waals surface area contributed by atoms with Crippen LogP contribution in [-0.2, 0) is 16.0 Å². The number of fused-ring (bicyclic) bond motifs is 3. The van der Waals surface area contributed by atoms with Crippen molar-refractivity contribution >= 4 is 5.97 Å². The molecule has 5 nitrogen and oxygen atoms in total. The maximum Gasteiger partial charge on any atom is 0.309 e. The van der Waals surface area contributed by atoms with Crippen molar-refractivity contribution in [2.24, 2.45) is 11.8 Å². The lowest BCUT2D eigenvalue weighted by atomic mass is 9.87. The van der Waals surface area contributed by atoms with Crippen LogP contribution in [0.4, 0.5) is 0 Å². The molecule has 3 aliphatic rings. The summed E-state index contributed by atoms with van der Waals surface area (Å²) in [4.78, 5) is 11.7. The van der Waals surface area contributed by atoms with Crippen molar-refractivity contribution in [2.75, 3.05) is 13.4 Å². The van der Waals surface area contributed by atoms with Crippen LogP contribution in [0.2, 0.25) is 0 Å². The Morgan fingerprint density at radius 2 is 1.95 bits per heavy atom. The maximum atomic E-state index is 11.7. The average Bonchev–Trinajstić information content (AvgIpc) is 2.97. The molecule has 0 radical (unpaired) electrons. The second-order valence-corrected chi connectivity index (χ2v) is 5.29. The van der Waals surface area contributed by atoms with E-state index in [9.17, 15) is 9.90 Å². The molecule has 0 amide bonds. The van der Waals surface area contributed by atoms with Gasteiger partial charge in [-0.25, -0.2) is 0 Å². The Kier molecular flexibility index (Phi) is 2.26. The predicted octanol–water partition coefficient (Wildman–Crippen LogP) is 1.18. The van der Waals surface area contributed by atoms with Crippen molar-refractivity contribution < 1.29 is 24.1 Å². The van der Waals surface area contributed by atoms with Gasteiger partial charge in [0.2, 0.25) is 6.79 Å². The molecule has 0 bridgehead atoms. The SMILES string of the molecule is O=C1OC[C@@H]2[C@H](O)c3cc4c(cc3CC[C@@H]12)OCO4. The van der Waals surface area contributed by atoms with Crippen LogP contribution in [-0.4, -0.2) is 24.5 Å². The van der Waals surface area contributed by atoms with E-state index in [-0.39, 0.29) is 24.6 Å². The number of carbonyl (C=O) groups is 1. The molecule has 0 unspecified atom stereocenters. The van der Waals surface area contributed by atoms with Gasteiger partial charge >= 0.3 is 5.97 Å². The summed E-state index contributed by atoms with van der Waals surface area (Å²) in [5.74, 6) is 0.868. The van der Waals surface area contributed by atoms with Crippen molar-refractivity contribution in [1.29, 1.82) is 0 Å². The minimum Gasteiger partial charge on any atom is -0.465 e. The van der Waals surface area contributed by atoms with Crippen LogP contribution in [0.25, 0.3) is 0 Å². The fraction of sp³-hybridized carbons (Fsp3) is 0.500. The molecule has 4 rings (SSSR count). The molecule has 1 N–H and O–H groups in total. The number of hydrogen-bond acceptors (Lipinski definition) is 5. The lowest BCUT2D eigenvalue weighted by Gasteiger charge is -2.19. The lowest BCUT2D eigenvalue weighted by molar-refractivity contribution is -0.141. The molecule has 0 spiro atoms. The predicted molar refractivity (Wildman–Crippen MR) is 63.8 cm³/mol. The standard InChI is InChI=1S/C14H14O5/c15-13-9-4-12-11(18-6-19-12)3-7(9)1-2-8-10(13)5-17-14(8)16/h3-4,8,10,13,15H,1-2,5-6H2/t8-,10+,13-/m1/s1. The topological polar surface area (TPSA) is 65.0 Å². The molecule has 0 aromatic heterocycles. The number of aliphatic hydroxyl groups excluding tert-OH is 1. The monoisotopic (exact) mass is 262 g/mol. The zero-order valence-electron chi connectivity index (χ0n) is 10.3. The first-order valence-electron chi connectivity index (χ1n) is 6.51. The number of carbonyl (C=O) groups excluding carboxylic acids is 1. The minimum absolute atomic E-state index is 0.144. The van der Waals surface area contributed by atoms with E-state index in [4.69, 9.17) is 14.2 Å². The second-order valence-electron chi connectivity index (χ2n) is 5.29. The van der Waals surface area contributed by atoms with E-state index in [0.29, 0.717) is 18.8 Å². The van der Waals surface area contributed by atoms with Gasteiger partial charge in [-0.2, -0.15) is 0 Å². The average molecular weight is 262 g/mol.